The Morgan fingerprint density at radius 2 is 1.89 bits per heavy atom. The van der Waals surface area contributed by atoms with Crippen LogP contribution in [0.25, 0.3) is 0 Å². The van der Waals surface area contributed by atoms with Crippen LogP contribution >= 0.6 is 24.2 Å². The fourth-order valence-corrected chi connectivity index (χ4v) is 3.81. The van der Waals surface area contributed by atoms with Gasteiger partial charge in [0.1, 0.15) is 0 Å². The molecule has 6 nitrogen and oxygen atoms in total. The first-order valence-corrected chi connectivity index (χ1v) is 10.2. The van der Waals surface area contributed by atoms with Crippen molar-refractivity contribution in [2.75, 3.05) is 31.1 Å². The number of Topliss-reactive ketones (excluding diaryl/α,β-unsaturated/α-hetero) is 1. The molecule has 0 bridgehead atoms. The second kappa shape index (κ2) is 12.8. The van der Waals surface area contributed by atoms with Crippen molar-refractivity contribution in [3.63, 3.8) is 0 Å². The van der Waals surface area contributed by atoms with E-state index < -0.39 is 0 Å². The molecule has 2 rings (SSSR count). The van der Waals surface area contributed by atoms with Crippen molar-refractivity contribution in [2.24, 2.45) is 5.73 Å². The molecule has 0 spiro atoms. The number of nitrogens with one attached hydrogen (secondary N) is 1. The van der Waals surface area contributed by atoms with E-state index in [1.807, 2.05) is 23.1 Å². The quantitative estimate of drug-likeness (QED) is 0.603. The molecule has 1 aromatic rings. The van der Waals surface area contributed by atoms with Crippen LogP contribution in [-0.2, 0) is 9.59 Å². The lowest BCUT2D eigenvalue weighted by Gasteiger charge is -2.36. The smallest absolute Gasteiger partial charge is 0.232 e. The number of ketones is 1. The van der Waals surface area contributed by atoms with Crippen molar-refractivity contribution < 1.29 is 14.4 Å². The number of halogens is 1. The lowest BCUT2D eigenvalue weighted by atomic mass is 10.0. The fraction of sp³-hybridized carbons (Fsp3) is 0.526. The zero-order valence-electron chi connectivity index (χ0n) is 15.4. The van der Waals surface area contributed by atoms with Gasteiger partial charge < -0.3 is 16.0 Å². The van der Waals surface area contributed by atoms with Gasteiger partial charge in [-0.15, -0.1) is 24.2 Å². The van der Waals surface area contributed by atoms with Gasteiger partial charge in [-0.3, -0.25) is 14.4 Å². The van der Waals surface area contributed by atoms with Crippen molar-refractivity contribution in [3.8, 4) is 0 Å². The highest BCUT2D eigenvalue weighted by atomic mass is 35.5. The van der Waals surface area contributed by atoms with E-state index in [0.29, 0.717) is 37.4 Å². The Kier molecular flexibility index (Phi) is 11.1. The minimum absolute atomic E-state index is 0. The van der Waals surface area contributed by atoms with Crippen LogP contribution in [0.4, 0.5) is 0 Å². The SMILES string of the molecule is Cl.NCCC(=O)NCC1CCCCN1C(=O)CSCC(=O)c1ccccc1. The Bertz CT molecular complexity index is 615. The monoisotopic (exact) mass is 413 g/mol. The number of carbonyl (C=O) groups is 3. The van der Waals surface area contributed by atoms with Gasteiger partial charge in [-0.05, 0) is 19.3 Å². The van der Waals surface area contributed by atoms with E-state index in [-0.39, 0.29) is 41.8 Å². The maximum Gasteiger partial charge on any atom is 0.232 e. The number of likely N-dealkylation sites (tertiary alicyclic amines) is 1. The number of carbonyl (C=O) groups excluding carboxylic acids is 3. The highest BCUT2D eigenvalue weighted by Crippen LogP contribution is 2.18. The zero-order valence-corrected chi connectivity index (χ0v) is 17.0. The molecule has 1 aromatic carbocycles. The van der Waals surface area contributed by atoms with Gasteiger partial charge in [-0.2, -0.15) is 0 Å². The third kappa shape index (κ3) is 7.91. The summed E-state index contributed by atoms with van der Waals surface area (Å²) >= 11 is 1.35. The standard InChI is InChI=1S/C19H27N3O3S.ClH/c20-10-9-18(24)21-12-16-8-4-5-11-22(16)19(25)14-26-13-17(23)15-6-2-1-3-7-15;/h1-3,6-7,16H,4-5,8-14,20H2,(H,21,24);1H. The molecule has 150 valence electrons. The number of hydrogen-bond donors (Lipinski definition) is 2. The summed E-state index contributed by atoms with van der Waals surface area (Å²) in [5.74, 6) is 0.572. The molecule has 0 radical (unpaired) electrons. The molecule has 0 aliphatic carbocycles. The molecule has 3 N–H and O–H groups in total. The van der Waals surface area contributed by atoms with Crippen molar-refractivity contribution >= 4 is 41.8 Å². The number of amides is 2. The summed E-state index contributed by atoms with van der Waals surface area (Å²) in [6, 6.07) is 9.14. The molecule has 1 saturated heterocycles. The third-order valence-corrected chi connectivity index (χ3v) is 5.33. The van der Waals surface area contributed by atoms with E-state index in [4.69, 9.17) is 5.73 Å². The molecule has 1 atom stereocenters. The van der Waals surface area contributed by atoms with Gasteiger partial charge in [0.2, 0.25) is 11.8 Å². The second-order valence-electron chi connectivity index (χ2n) is 6.36. The summed E-state index contributed by atoms with van der Waals surface area (Å²) in [6.45, 7) is 1.51. The summed E-state index contributed by atoms with van der Waals surface area (Å²) in [5.41, 5.74) is 6.05. The highest BCUT2D eigenvalue weighted by molar-refractivity contribution is 8.00. The summed E-state index contributed by atoms with van der Waals surface area (Å²) in [6.07, 6.45) is 3.23. The third-order valence-electron chi connectivity index (χ3n) is 4.41. The van der Waals surface area contributed by atoms with E-state index in [1.165, 1.54) is 11.8 Å². The summed E-state index contributed by atoms with van der Waals surface area (Å²) in [4.78, 5) is 38.1. The van der Waals surface area contributed by atoms with Crippen molar-refractivity contribution in [1.82, 2.24) is 10.2 Å². The lowest BCUT2D eigenvalue weighted by molar-refractivity contribution is -0.132. The number of piperidine rings is 1. The number of hydrogen-bond acceptors (Lipinski definition) is 5. The van der Waals surface area contributed by atoms with Crippen LogP contribution in [0, 0.1) is 0 Å². The predicted octanol–water partition coefficient (Wildman–Crippen LogP) is 1.87. The molecule has 1 fully saturated rings. The maximum absolute atomic E-state index is 12.6. The van der Waals surface area contributed by atoms with Crippen molar-refractivity contribution in [3.05, 3.63) is 35.9 Å². The lowest BCUT2D eigenvalue weighted by Crippen LogP contribution is -2.50. The number of nitrogens with two attached hydrogens (primary N) is 1. The van der Waals surface area contributed by atoms with Crippen molar-refractivity contribution in [1.29, 1.82) is 0 Å². The first-order chi connectivity index (χ1) is 12.6. The number of nitrogens with zero attached hydrogens (tertiary/aromatic N) is 1. The summed E-state index contributed by atoms with van der Waals surface area (Å²) in [7, 11) is 0. The van der Waals surface area contributed by atoms with E-state index >= 15 is 0 Å². The van der Waals surface area contributed by atoms with Crippen LogP contribution in [0.5, 0.6) is 0 Å². The first kappa shape index (κ1) is 23.5. The molecule has 8 heteroatoms. The molecule has 2 amide bonds. The van der Waals surface area contributed by atoms with Crippen molar-refractivity contribution in [2.45, 2.75) is 31.7 Å². The Balaban J connectivity index is 0.00000364. The first-order valence-electron chi connectivity index (χ1n) is 9.04. The van der Waals surface area contributed by atoms with Crippen LogP contribution in [0.2, 0.25) is 0 Å². The van der Waals surface area contributed by atoms with Gasteiger partial charge >= 0.3 is 0 Å². The maximum atomic E-state index is 12.6. The van der Waals surface area contributed by atoms with Crippen LogP contribution in [0.15, 0.2) is 30.3 Å². The van der Waals surface area contributed by atoms with Gasteiger partial charge in [-0.1, -0.05) is 30.3 Å². The van der Waals surface area contributed by atoms with E-state index in [9.17, 15) is 14.4 Å². The molecule has 1 unspecified atom stereocenters. The van der Waals surface area contributed by atoms with Gasteiger partial charge in [0.05, 0.1) is 11.5 Å². The minimum atomic E-state index is -0.0756. The van der Waals surface area contributed by atoms with Gasteiger partial charge in [-0.25, -0.2) is 0 Å². The minimum Gasteiger partial charge on any atom is -0.354 e. The van der Waals surface area contributed by atoms with E-state index in [0.717, 1.165) is 19.3 Å². The van der Waals surface area contributed by atoms with Crippen LogP contribution in [-0.4, -0.2) is 59.7 Å². The van der Waals surface area contributed by atoms with Crippen LogP contribution < -0.4 is 11.1 Å². The summed E-state index contributed by atoms with van der Waals surface area (Å²) in [5, 5.41) is 2.86. The molecule has 1 heterocycles. The number of thioether (sulfide) groups is 1. The Hall–Kier alpha value is -1.57. The molecule has 1 aliphatic heterocycles. The molecule has 0 aromatic heterocycles. The molecule has 27 heavy (non-hydrogen) atoms. The van der Waals surface area contributed by atoms with Gasteiger partial charge in [0.25, 0.3) is 0 Å². The molecule has 1 aliphatic rings. The van der Waals surface area contributed by atoms with Gasteiger partial charge in [0.15, 0.2) is 5.78 Å². The fourth-order valence-electron chi connectivity index (χ4n) is 3.01. The Morgan fingerprint density at radius 3 is 2.59 bits per heavy atom. The molecule has 0 saturated carbocycles. The van der Waals surface area contributed by atoms with E-state index in [2.05, 4.69) is 5.32 Å². The number of benzene rings is 1. The topological polar surface area (TPSA) is 92.5 Å². The normalized spacial score (nSPS) is 16.3. The molecular formula is C19H28ClN3O3S. The predicted molar refractivity (Wildman–Crippen MR) is 111 cm³/mol. The van der Waals surface area contributed by atoms with Crippen LogP contribution in [0.3, 0.4) is 0 Å². The van der Waals surface area contributed by atoms with Crippen LogP contribution in [0.1, 0.15) is 36.0 Å². The summed E-state index contributed by atoms with van der Waals surface area (Å²) < 4.78 is 0. The second-order valence-corrected chi connectivity index (χ2v) is 7.35. The zero-order chi connectivity index (χ0) is 18.8. The molecular weight excluding hydrogens is 386 g/mol. The highest BCUT2D eigenvalue weighted by Gasteiger charge is 2.26. The number of rotatable bonds is 9. The van der Waals surface area contributed by atoms with E-state index in [1.54, 1.807) is 12.1 Å². The average Bonchev–Trinajstić information content (AvgIpc) is 2.67. The Labute approximate surface area is 171 Å². The van der Waals surface area contributed by atoms with Gasteiger partial charge in [0, 0.05) is 37.7 Å². The Morgan fingerprint density at radius 1 is 1.15 bits per heavy atom. The largest absolute Gasteiger partial charge is 0.354 e. The average molecular weight is 414 g/mol.